The van der Waals surface area contributed by atoms with Gasteiger partial charge in [0.2, 0.25) is 0 Å². The van der Waals surface area contributed by atoms with Gasteiger partial charge in [-0.05, 0) is 35.9 Å². The first-order chi connectivity index (χ1) is 9.26. The lowest BCUT2D eigenvalue weighted by Gasteiger charge is -2.06. The van der Waals surface area contributed by atoms with E-state index in [9.17, 15) is 4.79 Å². The SMILES string of the molecule is C=C/C=C\C(=C/C)Cc1c[nH]c(=O)c2ccccc12. The van der Waals surface area contributed by atoms with Crippen LogP contribution in [-0.2, 0) is 6.42 Å². The van der Waals surface area contributed by atoms with Crippen molar-refractivity contribution in [1.82, 2.24) is 4.98 Å². The molecule has 0 aliphatic heterocycles. The van der Waals surface area contributed by atoms with Gasteiger partial charge in [-0.25, -0.2) is 0 Å². The molecule has 0 unspecified atom stereocenters. The monoisotopic (exact) mass is 251 g/mol. The van der Waals surface area contributed by atoms with E-state index in [1.165, 1.54) is 5.57 Å². The van der Waals surface area contributed by atoms with Crippen molar-refractivity contribution in [2.75, 3.05) is 0 Å². The van der Waals surface area contributed by atoms with Crippen LogP contribution in [0.5, 0.6) is 0 Å². The number of hydrogen-bond acceptors (Lipinski definition) is 1. The molecule has 1 aromatic carbocycles. The number of nitrogens with one attached hydrogen (secondary N) is 1. The van der Waals surface area contributed by atoms with Crippen LogP contribution in [0.3, 0.4) is 0 Å². The highest BCUT2D eigenvalue weighted by atomic mass is 16.1. The quantitative estimate of drug-likeness (QED) is 0.824. The molecular formula is C17H17NO. The van der Waals surface area contributed by atoms with Crippen LogP contribution in [0.2, 0.25) is 0 Å². The minimum atomic E-state index is -0.0389. The van der Waals surface area contributed by atoms with Crippen LogP contribution in [-0.4, -0.2) is 4.98 Å². The minimum Gasteiger partial charge on any atom is -0.328 e. The maximum absolute atomic E-state index is 11.8. The molecule has 0 atom stereocenters. The summed E-state index contributed by atoms with van der Waals surface area (Å²) >= 11 is 0. The van der Waals surface area contributed by atoms with Gasteiger partial charge in [0.25, 0.3) is 5.56 Å². The fourth-order valence-corrected chi connectivity index (χ4v) is 2.08. The lowest BCUT2D eigenvalue weighted by Crippen LogP contribution is -2.07. The summed E-state index contributed by atoms with van der Waals surface area (Å²) in [6.07, 6.45) is 10.4. The van der Waals surface area contributed by atoms with Crippen molar-refractivity contribution in [3.63, 3.8) is 0 Å². The molecule has 0 saturated carbocycles. The average Bonchev–Trinajstić information content (AvgIpc) is 2.46. The molecule has 0 aliphatic carbocycles. The van der Waals surface area contributed by atoms with Crippen molar-refractivity contribution >= 4 is 10.8 Å². The Morgan fingerprint density at radius 3 is 2.74 bits per heavy atom. The van der Waals surface area contributed by atoms with Crippen LogP contribution in [0.15, 0.2) is 71.7 Å². The van der Waals surface area contributed by atoms with Gasteiger partial charge in [-0.2, -0.15) is 0 Å². The van der Waals surface area contributed by atoms with Crippen molar-refractivity contribution in [2.24, 2.45) is 0 Å². The van der Waals surface area contributed by atoms with E-state index in [0.29, 0.717) is 0 Å². The van der Waals surface area contributed by atoms with Crippen LogP contribution in [0.4, 0.5) is 0 Å². The molecular weight excluding hydrogens is 234 g/mol. The normalized spacial score (nSPS) is 12.2. The van der Waals surface area contributed by atoms with Gasteiger partial charge >= 0.3 is 0 Å². The van der Waals surface area contributed by atoms with Crippen molar-refractivity contribution in [3.05, 3.63) is 82.8 Å². The number of aromatic amines is 1. The number of pyridine rings is 1. The van der Waals surface area contributed by atoms with Gasteiger partial charge in [0.15, 0.2) is 0 Å². The van der Waals surface area contributed by atoms with Crippen LogP contribution < -0.4 is 5.56 Å². The molecule has 0 fully saturated rings. The summed E-state index contributed by atoms with van der Waals surface area (Å²) in [5.74, 6) is 0. The molecule has 1 N–H and O–H groups in total. The van der Waals surface area contributed by atoms with E-state index in [4.69, 9.17) is 0 Å². The molecule has 96 valence electrons. The van der Waals surface area contributed by atoms with E-state index in [-0.39, 0.29) is 5.56 Å². The molecule has 2 heteroatoms. The average molecular weight is 251 g/mol. The summed E-state index contributed by atoms with van der Waals surface area (Å²) in [4.78, 5) is 14.6. The third-order valence-corrected chi connectivity index (χ3v) is 3.11. The van der Waals surface area contributed by atoms with Crippen LogP contribution in [0.1, 0.15) is 12.5 Å². The molecule has 2 aromatic rings. The Morgan fingerprint density at radius 1 is 1.32 bits per heavy atom. The third-order valence-electron chi connectivity index (χ3n) is 3.11. The maximum Gasteiger partial charge on any atom is 0.255 e. The molecule has 19 heavy (non-hydrogen) atoms. The lowest BCUT2D eigenvalue weighted by atomic mass is 10.0. The number of rotatable bonds is 4. The Hall–Kier alpha value is -2.35. The van der Waals surface area contributed by atoms with E-state index in [1.54, 1.807) is 12.3 Å². The second-order valence-electron chi connectivity index (χ2n) is 4.32. The Morgan fingerprint density at radius 2 is 2.05 bits per heavy atom. The van der Waals surface area contributed by atoms with Gasteiger partial charge in [-0.15, -0.1) is 0 Å². The number of H-pyrrole nitrogens is 1. The number of fused-ring (bicyclic) bond motifs is 1. The maximum atomic E-state index is 11.8. The van der Waals surface area contributed by atoms with E-state index in [2.05, 4.69) is 17.6 Å². The topological polar surface area (TPSA) is 32.9 Å². The Bertz CT molecular complexity index is 705. The molecule has 0 amide bonds. The van der Waals surface area contributed by atoms with Gasteiger partial charge in [0.05, 0.1) is 0 Å². The molecule has 0 aliphatic rings. The van der Waals surface area contributed by atoms with Gasteiger partial charge in [-0.3, -0.25) is 4.79 Å². The predicted octanol–water partition coefficient (Wildman–Crippen LogP) is 3.76. The first kappa shape index (κ1) is 13.1. The number of benzene rings is 1. The highest BCUT2D eigenvalue weighted by Gasteiger charge is 2.04. The summed E-state index contributed by atoms with van der Waals surface area (Å²) < 4.78 is 0. The zero-order valence-electron chi connectivity index (χ0n) is 11.0. The van der Waals surface area contributed by atoms with E-state index in [0.717, 1.165) is 22.8 Å². The molecule has 1 aromatic heterocycles. The fourth-order valence-electron chi connectivity index (χ4n) is 2.08. The van der Waals surface area contributed by atoms with E-state index in [1.807, 2.05) is 43.3 Å². The molecule has 2 rings (SSSR count). The van der Waals surface area contributed by atoms with E-state index < -0.39 is 0 Å². The number of hydrogen-bond donors (Lipinski definition) is 1. The molecule has 0 spiro atoms. The molecule has 0 bridgehead atoms. The van der Waals surface area contributed by atoms with Crippen molar-refractivity contribution in [2.45, 2.75) is 13.3 Å². The van der Waals surface area contributed by atoms with Gasteiger partial charge < -0.3 is 4.98 Å². The third kappa shape index (κ3) is 2.91. The highest BCUT2D eigenvalue weighted by molar-refractivity contribution is 5.84. The van der Waals surface area contributed by atoms with Crippen LogP contribution >= 0.6 is 0 Å². The van der Waals surface area contributed by atoms with Crippen molar-refractivity contribution < 1.29 is 0 Å². The summed E-state index contributed by atoms with van der Waals surface area (Å²) in [6.45, 7) is 5.68. The molecule has 2 nitrogen and oxygen atoms in total. The summed E-state index contributed by atoms with van der Waals surface area (Å²) in [5.41, 5.74) is 2.28. The Balaban J connectivity index is 2.46. The van der Waals surface area contributed by atoms with Crippen LogP contribution in [0.25, 0.3) is 10.8 Å². The van der Waals surface area contributed by atoms with Gasteiger partial charge in [0.1, 0.15) is 0 Å². The zero-order chi connectivity index (χ0) is 13.7. The first-order valence-electron chi connectivity index (χ1n) is 6.30. The number of aromatic nitrogens is 1. The van der Waals surface area contributed by atoms with Crippen molar-refractivity contribution in [1.29, 1.82) is 0 Å². The number of allylic oxidation sites excluding steroid dienone is 5. The summed E-state index contributed by atoms with van der Waals surface area (Å²) in [7, 11) is 0. The van der Waals surface area contributed by atoms with E-state index >= 15 is 0 Å². The highest BCUT2D eigenvalue weighted by Crippen LogP contribution is 2.18. The van der Waals surface area contributed by atoms with Crippen molar-refractivity contribution in [3.8, 4) is 0 Å². The molecule has 0 saturated heterocycles. The fraction of sp³-hybridized carbons (Fsp3) is 0.118. The Labute approximate surface area is 112 Å². The first-order valence-corrected chi connectivity index (χ1v) is 6.30. The largest absolute Gasteiger partial charge is 0.328 e. The smallest absolute Gasteiger partial charge is 0.255 e. The van der Waals surface area contributed by atoms with Gasteiger partial charge in [-0.1, -0.05) is 49.1 Å². The second kappa shape index (κ2) is 6.01. The predicted molar refractivity (Wildman–Crippen MR) is 81.4 cm³/mol. The molecule has 1 heterocycles. The Kier molecular flexibility index (Phi) is 4.14. The molecule has 0 radical (unpaired) electrons. The zero-order valence-corrected chi connectivity index (χ0v) is 11.0. The van der Waals surface area contributed by atoms with Crippen LogP contribution in [0, 0.1) is 0 Å². The minimum absolute atomic E-state index is 0.0389. The summed E-state index contributed by atoms with van der Waals surface area (Å²) in [5, 5.41) is 1.75. The summed E-state index contributed by atoms with van der Waals surface area (Å²) in [6, 6.07) is 7.69. The lowest BCUT2D eigenvalue weighted by molar-refractivity contribution is 1.15. The standard InChI is InChI=1S/C17H17NO/c1-3-5-8-13(4-2)11-14-12-18-17(19)16-10-7-6-9-15(14)16/h3-10,12H,1,11H2,2H3,(H,18,19)/b8-5-,13-4+. The van der Waals surface area contributed by atoms with Gasteiger partial charge in [0, 0.05) is 11.6 Å². The second-order valence-corrected chi connectivity index (χ2v) is 4.32.